The van der Waals surface area contributed by atoms with E-state index in [2.05, 4.69) is 10.3 Å². The van der Waals surface area contributed by atoms with Crippen LogP contribution in [0.1, 0.15) is 30.6 Å². The zero-order valence-electron chi connectivity index (χ0n) is 10.6. The van der Waals surface area contributed by atoms with E-state index >= 15 is 0 Å². The minimum absolute atomic E-state index is 0.0589. The van der Waals surface area contributed by atoms with Gasteiger partial charge in [-0.25, -0.2) is 4.98 Å². The summed E-state index contributed by atoms with van der Waals surface area (Å²) >= 11 is 6.00. The van der Waals surface area contributed by atoms with Gasteiger partial charge < -0.3 is 10.2 Å². The third kappa shape index (κ3) is 3.09. The van der Waals surface area contributed by atoms with E-state index in [1.165, 1.54) is 0 Å². The molecule has 1 unspecified atom stereocenters. The van der Waals surface area contributed by atoms with Crippen LogP contribution in [0.25, 0.3) is 0 Å². The maximum Gasteiger partial charge on any atom is 0.255 e. The first-order chi connectivity index (χ1) is 8.01. The standard InChI is InChI=1S/C12H18ClN3O/c1-5-8(2)16(4)12(17)9-6-10(13)11(14-3)15-7-9/h6-8H,5H2,1-4H3,(H,14,15). The van der Waals surface area contributed by atoms with E-state index in [1.54, 1.807) is 31.3 Å². The van der Waals surface area contributed by atoms with Gasteiger partial charge in [-0.3, -0.25) is 4.79 Å². The Kier molecular flexibility index (Phi) is 4.75. The lowest BCUT2D eigenvalue weighted by Gasteiger charge is -2.23. The summed E-state index contributed by atoms with van der Waals surface area (Å²) in [6.45, 7) is 4.05. The van der Waals surface area contributed by atoms with E-state index in [0.29, 0.717) is 16.4 Å². The number of hydrogen-bond donors (Lipinski definition) is 1. The molecule has 1 heterocycles. The van der Waals surface area contributed by atoms with Crippen LogP contribution in [-0.2, 0) is 0 Å². The van der Waals surface area contributed by atoms with Crippen molar-refractivity contribution >= 4 is 23.3 Å². The first-order valence-corrected chi connectivity index (χ1v) is 5.99. The van der Waals surface area contributed by atoms with Crippen molar-refractivity contribution in [2.45, 2.75) is 26.3 Å². The van der Waals surface area contributed by atoms with Crippen molar-refractivity contribution in [2.24, 2.45) is 0 Å². The molecule has 0 fully saturated rings. The summed E-state index contributed by atoms with van der Waals surface area (Å²) in [5.41, 5.74) is 0.511. The Labute approximate surface area is 107 Å². The monoisotopic (exact) mass is 255 g/mol. The number of pyridine rings is 1. The number of rotatable bonds is 4. The Morgan fingerprint density at radius 3 is 2.76 bits per heavy atom. The molecule has 5 heteroatoms. The first kappa shape index (κ1) is 13.8. The minimum atomic E-state index is -0.0589. The summed E-state index contributed by atoms with van der Waals surface area (Å²) in [5, 5.41) is 3.31. The molecule has 0 saturated heterocycles. The average molecular weight is 256 g/mol. The van der Waals surface area contributed by atoms with Crippen LogP contribution in [0.2, 0.25) is 5.02 Å². The Balaban J connectivity index is 2.93. The molecule has 17 heavy (non-hydrogen) atoms. The zero-order chi connectivity index (χ0) is 13.0. The number of nitrogens with zero attached hydrogens (tertiary/aromatic N) is 2. The summed E-state index contributed by atoms with van der Waals surface area (Å²) in [5.74, 6) is 0.519. The molecule has 1 atom stereocenters. The normalized spacial score (nSPS) is 12.1. The molecule has 0 aromatic carbocycles. The van der Waals surface area contributed by atoms with Gasteiger partial charge in [0, 0.05) is 26.3 Å². The van der Waals surface area contributed by atoms with Gasteiger partial charge in [-0.1, -0.05) is 18.5 Å². The van der Waals surface area contributed by atoms with Crippen LogP contribution in [0, 0.1) is 0 Å². The molecule has 1 amide bonds. The molecule has 0 radical (unpaired) electrons. The van der Waals surface area contributed by atoms with E-state index in [4.69, 9.17) is 11.6 Å². The van der Waals surface area contributed by atoms with Crippen molar-refractivity contribution in [1.29, 1.82) is 0 Å². The Hall–Kier alpha value is -1.29. The highest BCUT2D eigenvalue weighted by atomic mass is 35.5. The number of hydrogen-bond acceptors (Lipinski definition) is 3. The molecule has 1 N–H and O–H groups in total. The second kappa shape index (κ2) is 5.87. The van der Waals surface area contributed by atoms with Gasteiger partial charge in [-0.15, -0.1) is 0 Å². The number of amides is 1. The van der Waals surface area contributed by atoms with Crippen molar-refractivity contribution in [2.75, 3.05) is 19.4 Å². The van der Waals surface area contributed by atoms with Crippen molar-refractivity contribution in [3.05, 3.63) is 22.8 Å². The lowest BCUT2D eigenvalue weighted by Crippen LogP contribution is -2.34. The SMILES string of the molecule is CCC(C)N(C)C(=O)c1cnc(NC)c(Cl)c1. The predicted octanol–water partition coefficient (Wildman–Crippen LogP) is 2.65. The van der Waals surface area contributed by atoms with E-state index < -0.39 is 0 Å². The fraction of sp³-hybridized carbons (Fsp3) is 0.500. The van der Waals surface area contributed by atoms with Crippen LogP contribution in [0.4, 0.5) is 5.82 Å². The van der Waals surface area contributed by atoms with Crippen molar-refractivity contribution in [3.8, 4) is 0 Å². The topological polar surface area (TPSA) is 45.2 Å². The molecule has 1 aromatic heterocycles. The van der Waals surface area contributed by atoms with Gasteiger partial charge in [0.15, 0.2) is 0 Å². The van der Waals surface area contributed by atoms with Crippen LogP contribution >= 0.6 is 11.6 Å². The third-order valence-electron chi connectivity index (χ3n) is 2.90. The fourth-order valence-corrected chi connectivity index (χ4v) is 1.68. The Morgan fingerprint density at radius 1 is 1.65 bits per heavy atom. The molecular weight excluding hydrogens is 238 g/mol. The van der Waals surface area contributed by atoms with Crippen LogP contribution < -0.4 is 5.32 Å². The number of halogens is 1. The summed E-state index contributed by atoms with van der Waals surface area (Å²) in [7, 11) is 3.53. The molecule has 1 aromatic rings. The lowest BCUT2D eigenvalue weighted by molar-refractivity contribution is 0.0740. The third-order valence-corrected chi connectivity index (χ3v) is 3.19. The summed E-state index contributed by atoms with van der Waals surface area (Å²) in [6, 6.07) is 1.84. The van der Waals surface area contributed by atoms with Crippen molar-refractivity contribution in [1.82, 2.24) is 9.88 Å². The maximum atomic E-state index is 12.1. The average Bonchev–Trinajstić information content (AvgIpc) is 2.35. The minimum Gasteiger partial charge on any atom is -0.372 e. The van der Waals surface area contributed by atoms with Crippen molar-refractivity contribution < 1.29 is 4.79 Å². The van der Waals surface area contributed by atoms with Gasteiger partial charge in [-0.05, 0) is 19.4 Å². The fourth-order valence-electron chi connectivity index (χ4n) is 1.42. The number of carbonyl (C=O) groups excluding carboxylic acids is 1. The number of nitrogens with one attached hydrogen (secondary N) is 1. The maximum absolute atomic E-state index is 12.1. The number of carbonyl (C=O) groups is 1. The highest BCUT2D eigenvalue weighted by Gasteiger charge is 2.17. The number of anilines is 1. The van der Waals surface area contributed by atoms with Crippen LogP contribution in [-0.4, -0.2) is 35.9 Å². The Bertz CT molecular complexity index is 409. The van der Waals surface area contributed by atoms with E-state index in [9.17, 15) is 4.79 Å². The summed E-state index contributed by atoms with van der Waals surface area (Å²) in [4.78, 5) is 17.9. The van der Waals surface area contributed by atoms with Gasteiger partial charge >= 0.3 is 0 Å². The first-order valence-electron chi connectivity index (χ1n) is 5.61. The van der Waals surface area contributed by atoms with E-state index in [0.717, 1.165) is 6.42 Å². The lowest BCUT2D eigenvalue weighted by atomic mass is 10.2. The Morgan fingerprint density at radius 2 is 2.29 bits per heavy atom. The van der Waals surface area contributed by atoms with Gasteiger partial charge in [0.2, 0.25) is 0 Å². The van der Waals surface area contributed by atoms with Gasteiger partial charge in [-0.2, -0.15) is 0 Å². The van der Waals surface area contributed by atoms with Gasteiger partial charge in [0.1, 0.15) is 5.82 Å². The molecule has 0 saturated carbocycles. The van der Waals surface area contributed by atoms with E-state index in [-0.39, 0.29) is 11.9 Å². The molecular formula is C12H18ClN3O. The second-order valence-corrected chi connectivity index (χ2v) is 4.38. The predicted molar refractivity (Wildman–Crippen MR) is 70.6 cm³/mol. The molecule has 0 aliphatic heterocycles. The largest absolute Gasteiger partial charge is 0.372 e. The van der Waals surface area contributed by atoms with Crippen LogP contribution in [0.5, 0.6) is 0 Å². The number of aromatic nitrogens is 1. The molecule has 0 spiro atoms. The molecule has 4 nitrogen and oxygen atoms in total. The molecule has 0 aliphatic carbocycles. The zero-order valence-corrected chi connectivity index (χ0v) is 11.4. The summed E-state index contributed by atoms with van der Waals surface area (Å²) in [6.07, 6.45) is 2.46. The van der Waals surface area contributed by atoms with Gasteiger partial charge in [0.25, 0.3) is 5.91 Å². The van der Waals surface area contributed by atoms with Crippen molar-refractivity contribution in [3.63, 3.8) is 0 Å². The van der Waals surface area contributed by atoms with E-state index in [1.807, 2.05) is 13.8 Å². The van der Waals surface area contributed by atoms with Gasteiger partial charge in [0.05, 0.1) is 10.6 Å². The van der Waals surface area contributed by atoms with Crippen LogP contribution in [0.3, 0.4) is 0 Å². The molecule has 0 bridgehead atoms. The quantitative estimate of drug-likeness (QED) is 0.900. The summed E-state index contributed by atoms with van der Waals surface area (Å²) < 4.78 is 0. The molecule has 1 rings (SSSR count). The highest BCUT2D eigenvalue weighted by Crippen LogP contribution is 2.20. The molecule has 0 aliphatic rings. The van der Waals surface area contributed by atoms with Crippen LogP contribution in [0.15, 0.2) is 12.3 Å². The second-order valence-electron chi connectivity index (χ2n) is 3.98. The highest BCUT2D eigenvalue weighted by molar-refractivity contribution is 6.33. The smallest absolute Gasteiger partial charge is 0.255 e. The molecule has 94 valence electrons.